The second-order valence-electron chi connectivity index (χ2n) is 3.32. The highest BCUT2D eigenvalue weighted by Crippen LogP contribution is 2.30. The van der Waals surface area contributed by atoms with Crippen molar-refractivity contribution in [2.45, 2.75) is 23.6 Å². The zero-order chi connectivity index (χ0) is 9.90. The van der Waals surface area contributed by atoms with Crippen LogP contribution in [0.5, 0.6) is 0 Å². The summed E-state index contributed by atoms with van der Waals surface area (Å²) >= 11 is 5.24. The molecule has 72 valence electrons. The molecule has 1 N–H and O–H groups in total. The fourth-order valence-electron chi connectivity index (χ4n) is 0.848. The number of benzene rings is 1. The van der Waals surface area contributed by atoms with Gasteiger partial charge in [-0.1, -0.05) is 15.9 Å². The van der Waals surface area contributed by atoms with Crippen LogP contribution < -0.4 is 5.32 Å². The molecule has 0 spiro atoms. The van der Waals surface area contributed by atoms with Crippen LogP contribution in [0.4, 0.5) is 0 Å². The first kappa shape index (κ1) is 11.1. The second kappa shape index (κ2) is 4.49. The molecule has 1 aromatic rings. The zero-order valence-corrected chi connectivity index (χ0v) is 10.5. The molecule has 0 aliphatic heterocycles. The van der Waals surface area contributed by atoms with Gasteiger partial charge in [-0.2, -0.15) is 0 Å². The molecule has 13 heavy (non-hydrogen) atoms. The Morgan fingerprint density at radius 1 is 1.23 bits per heavy atom. The summed E-state index contributed by atoms with van der Waals surface area (Å²) in [6, 6.07) is 8.36. The molecule has 1 aromatic carbocycles. The number of hydrogen-bond acceptors (Lipinski definition) is 2. The van der Waals surface area contributed by atoms with Crippen LogP contribution in [-0.2, 0) is 0 Å². The van der Waals surface area contributed by atoms with E-state index in [1.54, 1.807) is 0 Å². The Morgan fingerprint density at radius 3 is 2.23 bits per heavy atom. The molecule has 0 aliphatic rings. The van der Waals surface area contributed by atoms with Crippen molar-refractivity contribution >= 4 is 27.7 Å². The van der Waals surface area contributed by atoms with Crippen molar-refractivity contribution in [2.24, 2.45) is 0 Å². The minimum absolute atomic E-state index is 0.0911. The van der Waals surface area contributed by atoms with Crippen molar-refractivity contribution in [3.63, 3.8) is 0 Å². The van der Waals surface area contributed by atoms with E-state index in [0.29, 0.717) is 0 Å². The van der Waals surface area contributed by atoms with E-state index in [4.69, 9.17) is 0 Å². The molecule has 0 amide bonds. The van der Waals surface area contributed by atoms with E-state index in [-0.39, 0.29) is 4.87 Å². The number of rotatable bonds is 3. The molecule has 0 fully saturated rings. The SMILES string of the molecule is CNC(C)(C)Sc1ccc(Br)cc1. The van der Waals surface area contributed by atoms with Crippen molar-refractivity contribution < 1.29 is 0 Å². The molecule has 0 aromatic heterocycles. The van der Waals surface area contributed by atoms with Crippen molar-refractivity contribution in [1.82, 2.24) is 5.32 Å². The van der Waals surface area contributed by atoms with E-state index < -0.39 is 0 Å². The Labute approximate surface area is 92.4 Å². The minimum Gasteiger partial charge on any atom is -0.306 e. The van der Waals surface area contributed by atoms with E-state index in [0.717, 1.165) is 4.47 Å². The van der Waals surface area contributed by atoms with Gasteiger partial charge < -0.3 is 5.32 Å². The summed E-state index contributed by atoms with van der Waals surface area (Å²) in [7, 11) is 1.98. The first-order chi connectivity index (χ1) is 6.03. The predicted octanol–water partition coefficient (Wildman–Crippen LogP) is 3.50. The first-order valence-electron chi connectivity index (χ1n) is 4.17. The van der Waals surface area contributed by atoms with Gasteiger partial charge in [-0.15, -0.1) is 11.8 Å². The molecule has 0 radical (unpaired) electrons. The summed E-state index contributed by atoms with van der Waals surface area (Å²) in [4.78, 5) is 1.37. The minimum atomic E-state index is 0.0911. The Balaban J connectivity index is 2.69. The van der Waals surface area contributed by atoms with Crippen molar-refractivity contribution in [2.75, 3.05) is 7.05 Å². The average molecular weight is 260 g/mol. The Morgan fingerprint density at radius 2 is 1.77 bits per heavy atom. The van der Waals surface area contributed by atoms with E-state index in [9.17, 15) is 0 Å². The average Bonchev–Trinajstić information content (AvgIpc) is 2.09. The third-order valence-electron chi connectivity index (χ3n) is 1.79. The summed E-state index contributed by atoms with van der Waals surface area (Å²) in [6.45, 7) is 4.33. The molecule has 1 nitrogen and oxygen atoms in total. The van der Waals surface area contributed by atoms with E-state index in [1.165, 1.54) is 4.90 Å². The molecule has 0 unspecified atom stereocenters. The topological polar surface area (TPSA) is 12.0 Å². The van der Waals surface area contributed by atoms with Crippen LogP contribution in [0, 0.1) is 0 Å². The summed E-state index contributed by atoms with van der Waals surface area (Å²) in [6.07, 6.45) is 0. The van der Waals surface area contributed by atoms with Gasteiger partial charge in [-0.05, 0) is 45.2 Å². The molecular formula is C10H14BrNS. The normalized spacial score (nSPS) is 11.7. The lowest BCUT2D eigenvalue weighted by molar-refractivity contribution is 0.609. The van der Waals surface area contributed by atoms with Crippen LogP contribution >= 0.6 is 27.7 Å². The lowest BCUT2D eigenvalue weighted by Gasteiger charge is -2.23. The quantitative estimate of drug-likeness (QED) is 0.659. The van der Waals surface area contributed by atoms with Crippen molar-refractivity contribution in [3.05, 3.63) is 28.7 Å². The smallest absolute Gasteiger partial charge is 0.0632 e. The molecule has 0 atom stereocenters. The van der Waals surface area contributed by atoms with Gasteiger partial charge in [-0.3, -0.25) is 0 Å². The lowest BCUT2D eigenvalue weighted by Crippen LogP contribution is -2.31. The number of hydrogen-bond donors (Lipinski definition) is 1. The molecular weight excluding hydrogens is 246 g/mol. The van der Waals surface area contributed by atoms with Crippen LogP contribution in [0.15, 0.2) is 33.6 Å². The van der Waals surface area contributed by atoms with E-state index >= 15 is 0 Å². The molecule has 0 saturated heterocycles. The highest BCUT2D eigenvalue weighted by Gasteiger charge is 2.15. The number of nitrogens with one attached hydrogen (secondary N) is 1. The van der Waals surface area contributed by atoms with Crippen molar-refractivity contribution in [3.8, 4) is 0 Å². The van der Waals surface area contributed by atoms with Gasteiger partial charge in [0.25, 0.3) is 0 Å². The van der Waals surface area contributed by atoms with Crippen LogP contribution in [0.1, 0.15) is 13.8 Å². The summed E-state index contributed by atoms with van der Waals surface area (Å²) in [5, 5.41) is 3.26. The Hall–Kier alpha value is 0.01000. The largest absolute Gasteiger partial charge is 0.306 e. The molecule has 0 bridgehead atoms. The maximum absolute atomic E-state index is 3.42. The summed E-state index contributed by atoms with van der Waals surface area (Å²) in [5.41, 5.74) is 0. The van der Waals surface area contributed by atoms with Crippen molar-refractivity contribution in [1.29, 1.82) is 0 Å². The van der Waals surface area contributed by atoms with E-state index in [1.807, 2.05) is 18.8 Å². The fourth-order valence-corrected chi connectivity index (χ4v) is 2.08. The van der Waals surface area contributed by atoms with Gasteiger partial charge >= 0.3 is 0 Å². The second-order valence-corrected chi connectivity index (χ2v) is 5.93. The zero-order valence-electron chi connectivity index (χ0n) is 8.10. The predicted molar refractivity (Wildman–Crippen MR) is 63.1 cm³/mol. The monoisotopic (exact) mass is 259 g/mol. The molecule has 0 saturated carbocycles. The van der Waals surface area contributed by atoms with Gasteiger partial charge in [0.05, 0.1) is 4.87 Å². The number of thioether (sulfide) groups is 1. The lowest BCUT2D eigenvalue weighted by atomic mass is 10.4. The molecule has 0 aliphatic carbocycles. The van der Waals surface area contributed by atoms with Crippen LogP contribution in [0.25, 0.3) is 0 Å². The third-order valence-corrected chi connectivity index (χ3v) is 3.54. The highest BCUT2D eigenvalue weighted by molar-refractivity contribution is 9.10. The van der Waals surface area contributed by atoms with Crippen LogP contribution in [0.3, 0.4) is 0 Å². The summed E-state index contributed by atoms with van der Waals surface area (Å²) < 4.78 is 1.12. The maximum Gasteiger partial charge on any atom is 0.0632 e. The summed E-state index contributed by atoms with van der Waals surface area (Å²) in [5.74, 6) is 0. The van der Waals surface area contributed by atoms with Gasteiger partial charge in [-0.25, -0.2) is 0 Å². The first-order valence-corrected chi connectivity index (χ1v) is 5.78. The Kier molecular flexibility index (Phi) is 3.83. The van der Waals surface area contributed by atoms with Crippen LogP contribution in [-0.4, -0.2) is 11.9 Å². The maximum atomic E-state index is 3.42. The van der Waals surface area contributed by atoms with E-state index in [2.05, 4.69) is 59.4 Å². The third kappa shape index (κ3) is 3.71. The standard InChI is InChI=1S/C10H14BrNS/c1-10(2,12-3)13-9-6-4-8(11)5-7-9/h4-7,12H,1-3H3. The van der Waals surface area contributed by atoms with Gasteiger partial charge in [0.15, 0.2) is 0 Å². The molecule has 1 rings (SSSR count). The Bertz CT molecular complexity index is 269. The highest BCUT2D eigenvalue weighted by atomic mass is 79.9. The van der Waals surface area contributed by atoms with Gasteiger partial charge in [0.2, 0.25) is 0 Å². The molecule has 3 heteroatoms. The number of halogens is 1. The van der Waals surface area contributed by atoms with Gasteiger partial charge in [0, 0.05) is 9.37 Å². The molecule has 0 heterocycles. The van der Waals surface area contributed by atoms with Gasteiger partial charge in [0.1, 0.15) is 0 Å². The fraction of sp³-hybridized carbons (Fsp3) is 0.400. The van der Waals surface area contributed by atoms with Crippen LogP contribution in [0.2, 0.25) is 0 Å².